The third-order valence-corrected chi connectivity index (χ3v) is 4.54. The summed E-state index contributed by atoms with van der Waals surface area (Å²) in [6.07, 6.45) is 1.84. The van der Waals surface area contributed by atoms with E-state index in [1.807, 2.05) is 32.2 Å². The molecule has 0 amide bonds. The Morgan fingerprint density at radius 1 is 1.29 bits per heavy atom. The molecule has 2 aromatic heterocycles. The Kier molecular flexibility index (Phi) is 5.20. The van der Waals surface area contributed by atoms with Gasteiger partial charge < -0.3 is 5.32 Å². The average molecular weight is 317 g/mol. The Morgan fingerprint density at radius 3 is 2.62 bits per heavy atom. The van der Waals surface area contributed by atoms with Crippen molar-refractivity contribution in [3.8, 4) is 0 Å². The van der Waals surface area contributed by atoms with Gasteiger partial charge in [-0.25, -0.2) is 9.97 Å². The highest BCUT2D eigenvalue weighted by Gasteiger charge is 2.10. The first-order chi connectivity index (χ1) is 9.95. The molecule has 2 rings (SSSR count). The number of allylic oxidation sites excluding steroid dienone is 2. The Morgan fingerprint density at radius 2 is 2.05 bits per heavy atom. The summed E-state index contributed by atoms with van der Waals surface area (Å²) in [6, 6.07) is 3.99. The van der Waals surface area contributed by atoms with Crippen LogP contribution in [-0.4, -0.2) is 9.97 Å². The fourth-order valence-electron chi connectivity index (χ4n) is 1.67. The van der Waals surface area contributed by atoms with E-state index in [1.165, 1.54) is 10.5 Å². The van der Waals surface area contributed by atoms with Gasteiger partial charge in [-0.15, -0.1) is 11.3 Å². The Bertz CT molecular complexity index is 665. The van der Waals surface area contributed by atoms with E-state index in [2.05, 4.69) is 41.1 Å². The van der Waals surface area contributed by atoms with E-state index in [0.717, 1.165) is 27.1 Å². The molecule has 1 N–H and O–H groups in total. The maximum Gasteiger partial charge on any atom is 0.188 e. The first-order valence-corrected chi connectivity index (χ1v) is 8.31. The third kappa shape index (κ3) is 4.44. The lowest BCUT2D eigenvalue weighted by Gasteiger charge is -2.06. The zero-order valence-corrected chi connectivity index (χ0v) is 14.4. The molecule has 21 heavy (non-hydrogen) atoms. The van der Waals surface area contributed by atoms with Gasteiger partial charge in [0.2, 0.25) is 0 Å². The van der Waals surface area contributed by atoms with Gasteiger partial charge in [-0.3, -0.25) is 0 Å². The number of anilines is 2. The predicted molar refractivity (Wildman–Crippen MR) is 95.0 cm³/mol. The molecule has 3 nitrogen and oxygen atoms in total. The molecule has 2 aromatic rings. The maximum absolute atomic E-state index is 4.65. The molecule has 5 heteroatoms. The van der Waals surface area contributed by atoms with E-state index in [-0.39, 0.29) is 0 Å². The van der Waals surface area contributed by atoms with Crippen molar-refractivity contribution in [1.29, 1.82) is 0 Å². The number of rotatable bonds is 5. The first-order valence-electron chi connectivity index (χ1n) is 6.62. The lowest BCUT2D eigenvalue weighted by molar-refractivity contribution is 1.24. The number of thiazole rings is 1. The number of pyridine rings is 1. The van der Waals surface area contributed by atoms with E-state index in [1.54, 1.807) is 23.1 Å². The van der Waals surface area contributed by atoms with Crippen LogP contribution >= 0.6 is 23.1 Å². The second-order valence-electron chi connectivity index (χ2n) is 5.02. The van der Waals surface area contributed by atoms with E-state index < -0.39 is 0 Å². The van der Waals surface area contributed by atoms with Crippen molar-refractivity contribution in [2.75, 3.05) is 5.32 Å². The van der Waals surface area contributed by atoms with Crippen LogP contribution in [0.4, 0.5) is 10.9 Å². The standard InChI is InChI=1S/C16H19N3S2/c1-10(2)15(21-11(3)4)13-9-20-16(18-13)19-14-7-6-12(5)8-17-14/h6-9H,3H2,1-2,4-5H3,(H,17,18,19). The minimum absolute atomic E-state index is 0.813. The summed E-state index contributed by atoms with van der Waals surface area (Å²) in [5.41, 5.74) is 3.38. The van der Waals surface area contributed by atoms with Crippen LogP contribution in [0.25, 0.3) is 4.91 Å². The highest BCUT2D eigenvalue weighted by molar-refractivity contribution is 8.11. The number of nitrogens with one attached hydrogen (secondary N) is 1. The molecular formula is C16H19N3S2. The van der Waals surface area contributed by atoms with Gasteiger partial charge in [0.1, 0.15) is 5.82 Å². The van der Waals surface area contributed by atoms with Crippen LogP contribution < -0.4 is 5.32 Å². The van der Waals surface area contributed by atoms with E-state index in [4.69, 9.17) is 0 Å². The minimum Gasteiger partial charge on any atom is -0.316 e. The van der Waals surface area contributed by atoms with Gasteiger partial charge in [0.05, 0.1) is 5.69 Å². The number of hydrogen-bond acceptors (Lipinski definition) is 5. The SMILES string of the molecule is C=C(C)SC(=C(C)C)c1csc(Nc2ccc(C)cn2)n1. The second-order valence-corrected chi connectivity index (χ2v) is 7.18. The maximum atomic E-state index is 4.65. The smallest absolute Gasteiger partial charge is 0.188 e. The molecule has 0 fully saturated rings. The monoisotopic (exact) mass is 317 g/mol. The molecule has 110 valence electrons. The van der Waals surface area contributed by atoms with Crippen molar-refractivity contribution in [2.24, 2.45) is 0 Å². The summed E-state index contributed by atoms with van der Waals surface area (Å²) in [4.78, 5) is 11.2. The molecule has 0 spiro atoms. The Balaban J connectivity index is 2.19. The van der Waals surface area contributed by atoms with Crippen LogP contribution in [-0.2, 0) is 0 Å². The number of aryl methyl sites for hydroxylation is 1. The number of aromatic nitrogens is 2. The van der Waals surface area contributed by atoms with Crippen LogP contribution in [0.2, 0.25) is 0 Å². The summed E-state index contributed by atoms with van der Waals surface area (Å²) in [6.45, 7) is 12.2. The number of nitrogens with zero attached hydrogens (tertiary/aromatic N) is 2. The van der Waals surface area contributed by atoms with Crippen molar-refractivity contribution < 1.29 is 0 Å². The van der Waals surface area contributed by atoms with Crippen molar-refractivity contribution >= 4 is 39.0 Å². The molecule has 2 heterocycles. The molecule has 0 saturated carbocycles. The van der Waals surface area contributed by atoms with Crippen LogP contribution in [0.15, 0.2) is 40.8 Å². The number of hydrogen-bond donors (Lipinski definition) is 1. The van der Waals surface area contributed by atoms with Gasteiger partial charge in [-0.1, -0.05) is 30.0 Å². The summed E-state index contributed by atoms with van der Waals surface area (Å²) in [5.74, 6) is 0.813. The van der Waals surface area contributed by atoms with Crippen LogP contribution in [0.3, 0.4) is 0 Å². The summed E-state index contributed by atoms with van der Waals surface area (Å²) >= 11 is 3.25. The predicted octanol–water partition coefficient (Wildman–Crippen LogP) is 5.61. The molecule has 0 aliphatic rings. The molecule has 0 atom stereocenters. The van der Waals surface area contributed by atoms with Gasteiger partial charge >= 0.3 is 0 Å². The fraction of sp³-hybridized carbons (Fsp3) is 0.250. The molecule has 0 saturated heterocycles. The highest BCUT2D eigenvalue weighted by Crippen LogP contribution is 2.36. The van der Waals surface area contributed by atoms with Crippen LogP contribution in [0, 0.1) is 6.92 Å². The van der Waals surface area contributed by atoms with Gasteiger partial charge in [0.25, 0.3) is 0 Å². The second kappa shape index (κ2) is 6.91. The van der Waals surface area contributed by atoms with Gasteiger partial charge in [-0.05, 0) is 44.2 Å². The number of thioether (sulfide) groups is 1. The zero-order valence-electron chi connectivity index (χ0n) is 12.7. The molecule has 0 aliphatic carbocycles. The average Bonchev–Trinajstić information content (AvgIpc) is 2.86. The van der Waals surface area contributed by atoms with E-state index in [0.29, 0.717) is 0 Å². The van der Waals surface area contributed by atoms with Crippen molar-refractivity contribution in [2.45, 2.75) is 27.7 Å². The molecule has 0 aromatic carbocycles. The largest absolute Gasteiger partial charge is 0.316 e. The fourth-order valence-corrected chi connectivity index (χ4v) is 3.22. The van der Waals surface area contributed by atoms with Crippen molar-refractivity contribution in [3.05, 3.63) is 52.0 Å². The highest BCUT2D eigenvalue weighted by atomic mass is 32.2. The first kappa shape index (κ1) is 15.8. The van der Waals surface area contributed by atoms with Crippen LogP contribution in [0.5, 0.6) is 0 Å². The Hall–Kier alpha value is -1.59. The quantitative estimate of drug-likeness (QED) is 0.778. The molecule has 0 bridgehead atoms. The molecule has 0 unspecified atom stereocenters. The zero-order chi connectivity index (χ0) is 15.4. The van der Waals surface area contributed by atoms with Gasteiger partial charge in [-0.2, -0.15) is 0 Å². The van der Waals surface area contributed by atoms with Gasteiger partial charge in [0, 0.05) is 16.5 Å². The van der Waals surface area contributed by atoms with E-state index in [9.17, 15) is 0 Å². The third-order valence-electron chi connectivity index (χ3n) is 2.61. The van der Waals surface area contributed by atoms with Crippen LogP contribution in [0.1, 0.15) is 32.0 Å². The topological polar surface area (TPSA) is 37.8 Å². The van der Waals surface area contributed by atoms with Crippen molar-refractivity contribution in [1.82, 2.24) is 9.97 Å². The molecule has 0 radical (unpaired) electrons. The molecule has 0 aliphatic heterocycles. The van der Waals surface area contributed by atoms with E-state index >= 15 is 0 Å². The molecular weight excluding hydrogens is 298 g/mol. The summed E-state index contributed by atoms with van der Waals surface area (Å²) < 4.78 is 0. The van der Waals surface area contributed by atoms with Crippen molar-refractivity contribution in [3.63, 3.8) is 0 Å². The normalized spacial score (nSPS) is 10.3. The lowest BCUT2D eigenvalue weighted by Crippen LogP contribution is -1.93. The lowest BCUT2D eigenvalue weighted by atomic mass is 10.3. The minimum atomic E-state index is 0.813. The van der Waals surface area contributed by atoms with Gasteiger partial charge in [0.15, 0.2) is 5.13 Å². The summed E-state index contributed by atoms with van der Waals surface area (Å²) in [7, 11) is 0. The summed E-state index contributed by atoms with van der Waals surface area (Å²) in [5, 5.41) is 6.15. The Labute approximate surface area is 134 Å².